The number of aromatic hydroxyl groups is 1. The molecule has 1 N–H and O–H groups in total. The average Bonchev–Trinajstić information content (AvgIpc) is 3.30. The summed E-state index contributed by atoms with van der Waals surface area (Å²) in [6.07, 6.45) is 1.79. The first kappa shape index (κ1) is 25.6. The van der Waals surface area contributed by atoms with Gasteiger partial charge < -0.3 is 9.67 Å². The molecule has 2 heterocycles. The summed E-state index contributed by atoms with van der Waals surface area (Å²) in [5, 5.41) is 11.4. The third kappa shape index (κ3) is 4.57. The van der Waals surface area contributed by atoms with Crippen LogP contribution in [0.4, 0.5) is 0 Å². The van der Waals surface area contributed by atoms with E-state index >= 15 is 0 Å². The summed E-state index contributed by atoms with van der Waals surface area (Å²) < 4.78 is 2.05. The summed E-state index contributed by atoms with van der Waals surface area (Å²) in [5.41, 5.74) is 8.38. The molecule has 0 amide bonds. The molecule has 1 unspecified atom stereocenters. The van der Waals surface area contributed by atoms with E-state index in [4.69, 9.17) is 4.98 Å². The van der Waals surface area contributed by atoms with E-state index in [1.54, 1.807) is 6.20 Å². The van der Waals surface area contributed by atoms with Crippen molar-refractivity contribution in [2.45, 2.75) is 12.8 Å². The first-order valence-electron chi connectivity index (χ1n) is 12.4. The molecule has 0 bridgehead atoms. The van der Waals surface area contributed by atoms with Crippen LogP contribution in [0, 0.1) is 6.07 Å². The van der Waals surface area contributed by atoms with E-state index in [0.717, 1.165) is 55.9 Å². The number of hydrogen-bond acceptors (Lipinski definition) is 3. The molecule has 0 radical (unpaired) electrons. The normalized spacial score (nSPS) is 11.7. The Morgan fingerprint density at radius 2 is 1.47 bits per heavy atom. The summed E-state index contributed by atoms with van der Waals surface area (Å²) >= 11 is 0. The van der Waals surface area contributed by atoms with Gasteiger partial charge in [-0.1, -0.05) is 84.8 Å². The Kier molecular flexibility index (Phi) is 7.26. The molecule has 0 saturated carbocycles. The molecule has 0 aliphatic carbocycles. The van der Waals surface area contributed by atoms with Crippen molar-refractivity contribution in [1.29, 1.82) is 0 Å². The van der Waals surface area contributed by atoms with E-state index in [1.165, 1.54) is 0 Å². The molecule has 0 aliphatic rings. The number of nitrogens with zero attached hydrogens (tertiary/aromatic N) is 3. The fourth-order valence-electron chi connectivity index (χ4n) is 4.98. The number of rotatable bonds is 5. The van der Waals surface area contributed by atoms with Gasteiger partial charge in [-0.05, 0) is 23.8 Å². The summed E-state index contributed by atoms with van der Waals surface area (Å²) in [5.74, 6) is 1.04. The number of hydrogen-bond donors (Lipinski definition) is 1. The van der Waals surface area contributed by atoms with Gasteiger partial charge in [-0.15, -0.1) is 29.8 Å². The Bertz CT molecular complexity index is 1710. The molecule has 0 aliphatic heterocycles. The van der Waals surface area contributed by atoms with Gasteiger partial charge in [0.05, 0.1) is 16.6 Å². The van der Waals surface area contributed by atoms with E-state index < -0.39 is 0 Å². The molecule has 1 atom stereocenters. The SMILES string of the molecule is CC(c1ccccc1)c1cccc(-c2nc3c(-c4[c-]c(-c5ccccn5)ccc4)cccc3n2C)c1O.[Pt]. The van der Waals surface area contributed by atoms with Crippen LogP contribution in [0.25, 0.3) is 44.8 Å². The van der Waals surface area contributed by atoms with Gasteiger partial charge in [-0.3, -0.25) is 4.98 Å². The molecule has 2 aromatic heterocycles. The molecule has 0 fully saturated rings. The van der Waals surface area contributed by atoms with Gasteiger partial charge in [0.2, 0.25) is 0 Å². The Labute approximate surface area is 236 Å². The van der Waals surface area contributed by atoms with Crippen LogP contribution >= 0.6 is 0 Å². The molecule has 0 saturated heterocycles. The number of aryl methyl sites for hydroxylation is 1. The molecule has 0 spiro atoms. The maximum Gasteiger partial charge on any atom is 0.143 e. The van der Waals surface area contributed by atoms with Gasteiger partial charge in [-0.2, -0.15) is 0 Å². The second-order valence-corrected chi connectivity index (χ2v) is 9.24. The smallest absolute Gasteiger partial charge is 0.143 e. The Morgan fingerprint density at radius 1 is 0.763 bits per heavy atom. The van der Waals surface area contributed by atoms with E-state index in [9.17, 15) is 5.11 Å². The monoisotopic (exact) mass is 675 g/mol. The van der Waals surface area contributed by atoms with Crippen LogP contribution in [-0.4, -0.2) is 19.6 Å². The van der Waals surface area contributed by atoms with E-state index in [0.29, 0.717) is 0 Å². The number of fused-ring (bicyclic) bond motifs is 1. The zero-order valence-electron chi connectivity index (χ0n) is 21.1. The summed E-state index contributed by atoms with van der Waals surface area (Å²) in [7, 11) is 2.00. The summed E-state index contributed by atoms with van der Waals surface area (Å²) in [6.45, 7) is 2.12. The molecule has 6 rings (SSSR count). The van der Waals surface area contributed by atoms with Crippen molar-refractivity contribution in [2.75, 3.05) is 0 Å². The maximum atomic E-state index is 11.4. The van der Waals surface area contributed by atoms with Crippen LogP contribution in [0.5, 0.6) is 5.75 Å². The van der Waals surface area contributed by atoms with E-state index in [1.807, 2.05) is 84.4 Å². The van der Waals surface area contributed by atoms with Crippen molar-refractivity contribution < 1.29 is 26.2 Å². The maximum absolute atomic E-state index is 11.4. The van der Waals surface area contributed by atoms with Crippen molar-refractivity contribution in [3.8, 4) is 39.5 Å². The summed E-state index contributed by atoms with van der Waals surface area (Å²) in [6, 6.07) is 37.8. The predicted octanol–water partition coefficient (Wildman–Crippen LogP) is 7.62. The van der Waals surface area contributed by atoms with Crippen molar-refractivity contribution in [3.05, 3.63) is 127 Å². The van der Waals surface area contributed by atoms with E-state index in [2.05, 4.69) is 48.3 Å². The van der Waals surface area contributed by atoms with Crippen molar-refractivity contribution in [1.82, 2.24) is 14.5 Å². The van der Waals surface area contributed by atoms with Gasteiger partial charge in [0.1, 0.15) is 11.6 Å². The quantitative estimate of drug-likeness (QED) is 0.191. The number of phenolic OH excluding ortho intramolecular Hbond substituents is 1. The Balaban J connectivity index is 0.00000294. The third-order valence-corrected chi connectivity index (χ3v) is 7.01. The standard InChI is InChI=1S/C33H26N3O.Pt/c1-22(23-11-4-3-5-12-23)26-15-9-17-28(32(26)37)33-35-31-27(16-10-19-30(31)36(33)2)24-13-8-14-25(21-24)29-18-6-7-20-34-29;/h3-20,22,37H,1-2H3;/q-1;. The van der Waals surface area contributed by atoms with Gasteiger partial charge in [0, 0.05) is 51.5 Å². The number of phenols is 1. The number of benzene rings is 4. The number of para-hydroxylation sites is 2. The van der Waals surface area contributed by atoms with Crippen LogP contribution in [0.15, 0.2) is 109 Å². The average molecular weight is 676 g/mol. The first-order chi connectivity index (χ1) is 18.1. The molecular formula is C33H26N3OPt-. The number of aromatic nitrogens is 3. The van der Waals surface area contributed by atoms with Crippen molar-refractivity contribution >= 4 is 11.0 Å². The second kappa shape index (κ2) is 10.8. The zero-order chi connectivity index (χ0) is 25.4. The van der Waals surface area contributed by atoms with Crippen LogP contribution < -0.4 is 0 Å². The number of imidazole rings is 1. The minimum Gasteiger partial charge on any atom is -0.507 e. The number of pyridine rings is 1. The molecule has 4 aromatic carbocycles. The van der Waals surface area contributed by atoms with Crippen LogP contribution in [-0.2, 0) is 28.1 Å². The predicted molar refractivity (Wildman–Crippen MR) is 149 cm³/mol. The molecule has 38 heavy (non-hydrogen) atoms. The first-order valence-corrected chi connectivity index (χ1v) is 12.4. The minimum atomic E-state index is 0. The molecule has 4 nitrogen and oxygen atoms in total. The topological polar surface area (TPSA) is 50.9 Å². The molecular weight excluding hydrogens is 649 g/mol. The molecule has 6 aromatic rings. The van der Waals surface area contributed by atoms with E-state index in [-0.39, 0.29) is 32.7 Å². The Hall–Kier alpha value is -4.01. The van der Waals surface area contributed by atoms with Crippen LogP contribution in [0.1, 0.15) is 24.0 Å². The van der Waals surface area contributed by atoms with Gasteiger partial charge in [-0.25, -0.2) is 4.98 Å². The van der Waals surface area contributed by atoms with Gasteiger partial charge in [0.25, 0.3) is 0 Å². The fourth-order valence-corrected chi connectivity index (χ4v) is 4.98. The molecule has 190 valence electrons. The summed E-state index contributed by atoms with van der Waals surface area (Å²) in [4.78, 5) is 9.54. The second-order valence-electron chi connectivity index (χ2n) is 9.24. The molecule has 5 heteroatoms. The van der Waals surface area contributed by atoms with Gasteiger partial charge in [0.15, 0.2) is 0 Å². The van der Waals surface area contributed by atoms with Crippen molar-refractivity contribution in [3.63, 3.8) is 0 Å². The fraction of sp³-hybridized carbons (Fsp3) is 0.0909. The minimum absolute atomic E-state index is 0. The van der Waals surface area contributed by atoms with Crippen LogP contribution in [0.2, 0.25) is 0 Å². The third-order valence-electron chi connectivity index (χ3n) is 7.01. The van der Waals surface area contributed by atoms with Crippen molar-refractivity contribution in [2.24, 2.45) is 7.05 Å². The Morgan fingerprint density at radius 3 is 2.26 bits per heavy atom. The van der Waals surface area contributed by atoms with Crippen LogP contribution in [0.3, 0.4) is 0 Å². The zero-order valence-corrected chi connectivity index (χ0v) is 23.3. The van der Waals surface area contributed by atoms with Gasteiger partial charge >= 0.3 is 0 Å². The largest absolute Gasteiger partial charge is 0.507 e.